The summed E-state index contributed by atoms with van der Waals surface area (Å²) >= 11 is 1.76. The van der Waals surface area contributed by atoms with Crippen molar-refractivity contribution in [3.8, 4) is 0 Å². The van der Waals surface area contributed by atoms with Gasteiger partial charge in [-0.1, -0.05) is 0 Å². The molecular formula is C18H21N3OS. The molecule has 4 nitrogen and oxygen atoms in total. The van der Waals surface area contributed by atoms with Crippen molar-refractivity contribution >= 4 is 27.5 Å². The maximum atomic E-state index is 12.6. The molecular weight excluding hydrogens is 306 g/mol. The smallest absolute Gasteiger partial charge is 0.251 e. The molecule has 1 aromatic carbocycles. The van der Waals surface area contributed by atoms with Gasteiger partial charge in [-0.2, -0.15) is 0 Å². The number of rotatable bonds is 3. The molecule has 5 heteroatoms. The summed E-state index contributed by atoms with van der Waals surface area (Å²) in [5.74, 6) is 1.42. The lowest BCUT2D eigenvalue weighted by Crippen LogP contribution is -2.57. The van der Waals surface area contributed by atoms with E-state index in [1.165, 1.54) is 43.8 Å². The highest BCUT2D eigenvalue weighted by Gasteiger charge is 2.35. The SMILES string of the molecule is O=C(N[C@H]1CN2CCC1CC2)c1ccc2nc(C3CC3)sc2c1. The molecule has 2 aromatic rings. The second-order valence-electron chi connectivity index (χ2n) is 7.23. The van der Waals surface area contributed by atoms with E-state index in [-0.39, 0.29) is 5.91 Å². The van der Waals surface area contributed by atoms with E-state index in [4.69, 9.17) is 4.98 Å². The number of hydrogen-bond donors (Lipinski definition) is 1. The molecule has 1 amide bonds. The monoisotopic (exact) mass is 327 g/mol. The van der Waals surface area contributed by atoms with Crippen LogP contribution in [0.5, 0.6) is 0 Å². The van der Waals surface area contributed by atoms with Crippen LogP contribution in [0.15, 0.2) is 18.2 Å². The maximum Gasteiger partial charge on any atom is 0.251 e. The number of hydrogen-bond acceptors (Lipinski definition) is 4. The molecule has 0 unspecified atom stereocenters. The normalized spacial score (nSPS) is 29.8. The summed E-state index contributed by atoms with van der Waals surface area (Å²) in [6.07, 6.45) is 4.99. The van der Waals surface area contributed by atoms with Gasteiger partial charge in [0.25, 0.3) is 5.91 Å². The number of amides is 1. The summed E-state index contributed by atoms with van der Waals surface area (Å²) in [4.78, 5) is 19.8. The van der Waals surface area contributed by atoms with Crippen LogP contribution in [0.25, 0.3) is 10.2 Å². The topological polar surface area (TPSA) is 45.2 Å². The molecule has 1 atom stereocenters. The van der Waals surface area contributed by atoms with Gasteiger partial charge >= 0.3 is 0 Å². The third-order valence-electron chi connectivity index (χ3n) is 5.57. The zero-order valence-electron chi connectivity index (χ0n) is 13.1. The van der Waals surface area contributed by atoms with Crippen molar-refractivity contribution in [1.29, 1.82) is 0 Å². The predicted octanol–water partition coefficient (Wildman–Crippen LogP) is 3.00. The van der Waals surface area contributed by atoms with Crippen molar-refractivity contribution in [2.75, 3.05) is 19.6 Å². The number of nitrogens with one attached hydrogen (secondary N) is 1. The zero-order valence-corrected chi connectivity index (χ0v) is 13.9. The number of piperidine rings is 3. The lowest BCUT2D eigenvalue weighted by atomic mass is 9.84. The number of thiazole rings is 1. The quantitative estimate of drug-likeness (QED) is 0.942. The number of fused-ring (bicyclic) bond motifs is 4. The van der Waals surface area contributed by atoms with Gasteiger partial charge in [0.05, 0.1) is 15.2 Å². The van der Waals surface area contributed by atoms with Crippen molar-refractivity contribution in [2.45, 2.75) is 37.6 Å². The van der Waals surface area contributed by atoms with Crippen molar-refractivity contribution < 1.29 is 4.79 Å². The minimum Gasteiger partial charge on any atom is -0.348 e. The molecule has 6 rings (SSSR count). The first-order valence-corrected chi connectivity index (χ1v) is 9.51. The van der Waals surface area contributed by atoms with Gasteiger partial charge in [-0.05, 0) is 62.9 Å². The Morgan fingerprint density at radius 1 is 1.22 bits per heavy atom. The lowest BCUT2D eigenvalue weighted by Gasteiger charge is -2.44. The van der Waals surface area contributed by atoms with E-state index >= 15 is 0 Å². The highest BCUT2D eigenvalue weighted by molar-refractivity contribution is 7.18. The summed E-state index contributed by atoms with van der Waals surface area (Å²) < 4.78 is 1.15. The third-order valence-corrected chi connectivity index (χ3v) is 6.75. The standard InChI is InChI=1S/C18H21N3OS/c22-17(19-15-10-21-7-5-11(15)6-8-21)13-3-4-14-16(9-13)23-18(20-14)12-1-2-12/h3-4,9,11-12,15H,1-2,5-8,10H2,(H,19,22)/t15-/m0/s1. The minimum absolute atomic E-state index is 0.0759. The number of benzene rings is 1. The summed E-state index contributed by atoms with van der Waals surface area (Å²) in [5, 5.41) is 4.52. The fourth-order valence-electron chi connectivity index (χ4n) is 3.97. The molecule has 3 aliphatic heterocycles. The van der Waals surface area contributed by atoms with Gasteiger partial charge in [-0.15, -0.1) is 11.3 Å². The van der Waals surface area contributed by atoms with E-state index < -0.39 is 0 Å². The molecule has 1 aliphatic carbocycles. The molecule has 1 aromatic heterocycles. The van der Waals surface area contributed by atoms with Gasteiger partial charge in [0.2, 0.25) is 0 Å². The highest BCUT2D eigenvalue weighted by Crippen LogP contribution is 2.43. The first-order chi connectivity index (χ1) is 11.3. The first-order valence-electron chi connectivity index (χ1n) is 8.70. The van der Waals surface area contributed by atoms with Gasteiger partial charge < -0.3 is 10.2 Å². The lowest BCUT2D eigenvalue weighted by molar-refractivity contribution is 0.0620. The molecule has 0 radical (unpaired) electrons. The summed E-state index contributed by atoms with van der Waals surface area (Å²) in [6, 6.07) is 6.28. The van der Waals surface area contributed by atoms with Crippen LogP contribution in [-0.2, 0) is 0 Å². The molecule has 23 heavy (non-hydrogen) atoms. The van der Waals surface area contributed by atoms with Crippen molar-refractivity contribution in [2.24, 2.45) is 5.92 Å². The Morgan fingerprint density at radius 3 is 2.74 bits per heavy atom. The fourth-order valence-corrected chi connectivity index (χ4v) is 5.14. The Bertz CT molecular complexity index is 759. The summed E-state index contributed by atoms with van der Waals surface area (Å²) in [5.41, 5.74) is 1.82. The van der Waals surface area contributed by atoms with Gasteiger partial charge in [0, 0.05) is 24.1 Å². The Labute approximate surface area is 139 Å². The second kappa shape index (κ2) is 5.28. The van der Waals surface area contributed by atoms with Gasteiger partial charge in [0.15, 0.2) is 0 Å². The highest BCUT2D eigenvalue weighted by atomic mass is 32.1. The molecule has 4 heterocycles. The van der Waals surface area contributed by atoms with E-state index in [1.807, 2.05) is 18.2 Å². The average molecular weight is 327 g/mol. The molecule has 2 bridgehead atoms. The predicted molar refractivity (Wildman–Crippen MR) is 92.0 cm³/mol. The largest absolute Gasteiger partial charge is 0.348 e. The van der Waals surface area contributed by atoms with Crippen LogP contribution < -0.4 is 5.32 Å². The molecule has 120 valence electrons. The van der Waals surface area contributed by atoms with Gasteiger partial charge in [-0.3, -0.25) is 4.79 Å². The van der Waals surface area contributed by atoms with Crippen LogP contribution in [0.4, 0.5) is 0 Å². The Balaban J connectivity index is 1.35. The van der Waals surface area contributed by atoms with Crippen molar-refractivity contribution in [1.82, 2.24) is 15.2 Å². The summed E-state index contributed by atoms with van der Waals surface area (Å²) in [7, 11) is 0. The van der Waals surface area contributed by atoms with Crippen LogP contribution in [0.1, 0.15) is 47.0 Å². The van der Waals surface area contributed by atoms with E-state index in [0.29, 0.717) is 17.9 Å². The average Bonchev–Trinajstić information content (AvgIpc) is 3.35. The number of aromatic nitrogens is 1. The number of carbonyl (C=O) groups is 1. The third kappa shape index (κ3) is 2.56. The Kier molecular flexibility index (Phi) is 3.20. The second-order valence-corrected chi connectivity index (χ2v) is 8.29. The zero-order chi connectivity index (χ0) is 15.4. The van der Waals surface area contributed by atoms with E-state index in [2.05, 4.69) is 10.2 Å². The number of carbonyl (C=O) groups excluding carboxylic acids is 1. The van der Waals surface area contributed by atoms with Crippen LogP contribution in [0.2, 0.25) is 0 Å². The molecule has 3 saturated heterocycles. The van der Waals surface area contributed by atoms with E-state index in [1.54, 1.807) is 11.3 Å². The van der Waals surface area contributed by atoms with Crippen LogP contribution >= 0.6 is 11.3 Å². The van der Waals surface area contributed by atoms with Crippen LogP contribution in [0, 0.1) is 5.92 Å². The fraction of sp³-hybridized carbons (Fsp3) is 0.556. The minimum atomic E-state index is 0.0759. The Hall–Kier alpha value is -1.46. The number of nitrogens with zero attached hydrogens (tertiary/aromatic N) is 2. The molecule has 4 aliphatic rings. The maximum absolute atomic E-state index is 12.6. The Morgan fingerprint density at radius 2 is 2.04 bits per heavy atom. The first kappa shape index (κ1) is 13.9. The molecule has 1 N–H and O–H groups in total. The van der Waals surface area contributed by atoms with Gasteiger partial charge in [-0.25, -0.2) is 4.98 Å². The van der Waals surface area contributed by atoms with Crippen molar-refractivity contribution in [3.05, 3.63) is 28.8 Å². The van der Waals surface area contributed by atoms with Crippen LogP contribution in [-0.4, -0.2) is 41.5 Å². The molecule has 0 spiro atoms. The van der Waals surface area contributed by atoms with Crippen molar-refractivity contribution in [3.63, 3.8) is 0 Å². The van der Waals surface area contributed by atoms with E-state index in [0.717, 1.165) is 22.3 Å². The van der Waals surface area contributed by atoms with Crippen LogP contribution in [0.3, 0.4) is 0 Å². The summed E-state index contributed by atoms with van der Waals surface area (Å²) in [6.45, 7) is 3.42. The van der Waals surface area contributed by atoms with E-state index in [9.17, 15) is 4.79 Å². The molecule has 1 saturated carbocycles. The molecule has 4 fully saturated rings. The van der Waals surface area contributed by atoms with Gasteiger partial charge in [0.1, 0.15) is 0 Å².